The van der Waals surface area contributed by atoms with Crippen LogP contribution in [0.15, 0.2) is 12.3 Å². The fourth-order valence-corrected chi connectivity index (χ4v) is 1.52. The normalized spacial score (nSPS) is 12.2. The lowest BCUT2D eigenvalue weighted by atomic mass is 10.2. The fraction of sp³-hybridized carbons (Fsp3) is 0.545. The van der Waals surface area contributed by atoms with Crippen molar-refractivity contribution in [2.24, 2.45) is 5.92 Å². The van der Waals surface area contributed by atoms with Crippen LogP contribution in [-0.2, 0) is 4.74 Å². The van der Waals surface area contributed by atoms with Gasteiger partial charge < -0.3 is 10.1 Å². The molecule has 1 aromatic rings. The van der Waals surface area contributed by atoms with Crippen molar-refractivity contribution in [1.82, 2.24) is 4.98 Å². The number of hydrogen-bond donors (Lipinski definition) is 1. The molecule has 0 spiro atoms. The van der Waals surface area contributed by atoms with Crippen LogP contribution in [0.25, 0.3) is 0 Å². The van der Waals surface area contributed by atoms with Crippen LogP contribution in [0.4, 0.5) is 11.5 Å². The lowest BCUT2D eigenvalue weighted by Gasteiger charge is -2.12. The van der Waals surface area contributed by atoms with Crippen molar-refractivity contribution < 1.29 is 9.66 Å². The van der Waals surface area contributed by atoms with Crippen molar-refractivity contribution in [3.8, 4) is 0 Å². The molecule has 6 heteroatoms. The smallest absolute Gasteiger partial charge is 0.314 e. The SMILES string of the molecule is COCC(C)CNc1nccc(C)c1[N+](=O)[O-]. The average molecular weight is 239 g/mol. The molecule has 1 atom stereocenters. The van der Waals surface area contributed by atoms with E-state index in [4.69, 9.17) is 4.74 Å². The zero-order valence-electron chi connectivity index (χ0n) is 10.3. The van der Waals surface area contributed by atoms with Gasteiger partial charge in [-0.25, -0.2) is 4.98 Å². The second kappa shape index (κ2) is 6.15. The van der Waals surface area contributed by atoms with Crippen molar-refractivity contribution in [1.29, 1.82) is 0 Å². The number of aromatic nitrogens is 1. The Morgan fingerprint density at radius 2 is 2.35 bits per heavy atom. The van der Waals surface area contributed by atoms with E-state index in [2.05, 4.69) is 10.3 Å². The Kier molecular flexibility index (Phi) is 4.84. The van der Waals surface area contributed by atoms with Gasteiger partial charge in [0.15, 0.2) is 0 Å². The van der Waals surface area contributed by atoms with Crippen molar-refractivity contribution in [3.05, 3.63) is 27.9 Å². The van der Waals surface area contributed by atoms with E-state index in [1.54, 1.807) is 26.3 Å². The average Bonchev–Trinajstić information content (AvgIpc) is 2.26. The second-order valence-electron chi connectivity index (χ2n) is 4.02. The van der Waals surface area contributed by atoms with E-state index in [0.717, 1.165) is 0 Å². The Morgan fingerprint density at radius 1 is 1.65 bits per heavy atom. The maximum Gasteiger partial charge on any atom is 0.314 e. The van der Waals surface area contributed by atoms with Crippen molar-refractivity contribution >= 4 is 11.5 Å². The van der Waals surface area contributed by atoms with Crippen LogP contribution in [0, 0.1) is 23.0 Å². The van der Waals surface area contributed by atoms with Gasteiger partial charge in [-0.2, -0.15) is 0 Å². The van der Waals surface area contributed by atoms with E-state index in [9.17, 15) is 10.1 Å². The van der Waals surface area contributed by atoms with Gasteiger partial charge in [0.05, 0.1) is 11.5 Å². The number of hydrogen-bond acceptors (Lipinski definition) is 5. The number of nitrogens with one attached hydrogen (secondary N) is 1. The molecule has 0 aliphatic carbocycles. The Balaban J connectivity index is 2.77. The minimum atomic E-state index is -0.411. The first-order valence-electron chi connectivity index (χ1n) is 5.39. The molecule has 0 saturated heterocycles. The summed E-state index contributed by atoms with van der Waals surface area (Å²) < 4.78 is 5.00. The summed E-state index contributed by atoms with van der Waals surface area (Å²) in [5.41, 5.74) is 0.643. The molecule has 0 amide bonds. The first kappa shape index (κ1) is 13.4. The molecule has 0 radical (unpaired) electrons. The van der Waals surface area contributed by atoms with Crippen LogP contribution >= 0.6 is 0 Å². The standard InChI is InChI=1S/C11H17N3O3/c1-8(7-17-3)6-13-11-10(14(15)16)9(2)4-5-12-11/h4-5,8H,6-7H2,1-3H3,(H,12,13). The number of nitro groups is 1. The molecule has 0 fully saturated rings. The third-order valence-electron chi connectivity index (χ3n) is 2.38. The fourth-order valence-electron chi connectivity index (χ4n) is 1.52. The molecule has 0 saturated carbocycles. The second-order valence-corrected chi connectivity index (χ2v) is 4.02. The van der Waals surface area contributed by atoms with Gasteiger partial charge >= 0.3 is 5.69 Å². The largest absolute Gasteiger partial charge is 0.384 e. The highest BCUT2D eigenvalue weighted by atomic mass is 16.6. The molecule has 1 heterocycles. The number of pyridine rings is 1. The van der Waals surface area contributed by atoms with Gasteiger partial charge in [-0.3, -0.25) is 10.1 Å². The lowest BCUT2D eigenvalue weighted by Crippen LogP contribution is -2.17. The summed E-state index contributed by atoms with van der Waals surface area (Å²) in [6, 6.07) is 1.63. The lowest BCUT2D eigenvalue weighted by molar-refractivity contribution is -0.384. The molecule has 6 nitrogen and oxygen atoms in total. The van der Waals surface area contributed by atoms with Gasteiger partial charge in [-0.05, 0) is 18.9 Å². The van der Waals surface area contributed by atoms with Crippen LogP contribution in [-0.4, -0.2) is 30.2 Å². The summed E-state index contributed by atoms with van der Waals surface area (Å²) in [7, 11) is 1.63. The summed E-state index contributed by atoms with van der Waals surface area (Å²) in [6.07, 6.45) is 1.56. The monoisotopic (exact) mass is 239 g/mol. The highest BCUT2D eigenvalue weighted by Crippen LogP contribution is 2.25. The molecule has 94 valence electrons. The highest BCUT2D eigenvalue weighted by Gasteiger charge is 2.18. The van der Waals surface area contributed by atoms with E-state index in [0.29, 0.717) is 24.5 Å². The molecule has 1 N–H and O–H groups in total. The molecule has 0 aliphatic heterocycles. The van der Waals surface area contributed by atoms with Gasteiger partial charge in [0.1, 0.15) is 0 Å². The summed E-state index contributed by atoms with van der Waals surface area (Å²) >= 11 is 0. The van der Waals surface area contributed by atoms with Gasteiger partial charge in [-0.1, -0.05) is 6.92 Å². The molecule has 1 unspecified atom stereocenters. The van der Waals surface area contributed by atoms with E-state index < -0.39 is 4.92 Å². The van der Waals surface area contributed by atoms with E-state index in [1.165, 1.54) is 0 Å². The Hall–Kier alpha value is -1.69. The van der Waals surface area contributed by atoms with Crippen LogP contribution in [0.1, 0.15) is 12.5 Å². The quantitative estimate of drug-likeness (QED) is 0.606. The maximum absolute atomic E-state index is 10.9. The van der Waals surface area contributed by atoms with Crippen molar-refractivity contribution in [3.63, 3.8) is 0 Å². The number of ether oxygens (including phenoxy) is 1. The Labute approximate surface area is 100 Å². The van der Waals surface area contributed by atoms with Crippen LogP contribution < -0.4 is 5.32 Å². The van der Waals surface area contributed by atoms with E-state index >= 15 is 0 Å². The molecule has 17 heavy (non-hydrogen) atoms. The van der Waals surface area contributed by atoms with Crippen LogP contribution in [0.3, 0.4) is 0 Å². The zero-order valence-corrected chi connectivity index (χ0v) is 10.3. The first-order valence-corrected chi connectivity index (χ1v) is 5.39. The first-order chi connectivity index (χ1) is 8.06. The summed E-state index contributed by atoms with van der Waals surface area (Å²) in [4.78, 5) is 14.5. The van der Waals surface area contributed by atoms with Gasteiger partial charge in [0.2, 0.25) is 5.82 Å². The molecular weight excluding hydrogens is 222 g/mol. The Morgan fingerprint density at radius 3 is 2.94 bits per heavy atom. The molecule has 0 aliphatic rings. The molecule has 1 aromatic heterocycles. The summed E-state index contributed by atoms with van der Waals surface area (Å²) in [6.45, 7) is 4.89. The minimum Gasteiger partial charge on any atom is -0.384 e. The van der Waals surface area contributed by atoms with Crippen LogP contribution in [0.5, 0.6) is 0 Å². The van der Waals surface area contributed by atoms with Gasteiger partial charge in [0.25, 0.3) is 0 Å². The number of methoxy groups -OCH3 is 1. The topological polar surface area (TPSA) is 77.3 Å². The van der Waals surface area contributed by atoms with E-state index in [1.807, 2.05) is 6.92 Å². The number of aryl methyl sites for hydroxylation is 1. The van der Waals surface area contributed by atoms with E-state index in [-0.39, 0.29) is 11.6 Å². The van der Waals surface area contributed by atoms with Gasteiger partial charge in [0, 0.05) is 25.4 Å². The predicted octanol–water partition coefficient (Wildman–Crippen LogP) is 1.99. The highest BCUT2D eigenvalue weighted by molar-refractivity contribution is 5.59. The number of nitrogens with zero attached hydrogens (tertiary/aromatic N) is 2. The third kappa shape index (κ3) is 3.67. The minimum absolute atomic E-state index is 0.0390. The van der Waals surface area contributed by atoms with Crippen molar-refractivity contribution in [2.45, 2.75) is 13.8 Å². The predicted molar refractivity (Wildman–Crippen MR) is 65.2 cm³/mol. The maximum atomic E-state index is 10.9. The molecule has 1 rings (SSSR count). The number of anilines is 1. The van der Waals surface area contributed by atoms with Crippen LogP contribution in [0.2, 0.25) is 0 Å². The molecule has 0 bridgehead atoms. The van der Waals surface area contributed by atoms with Crippen molar-refractivity contribution in [2.75, 3.05) is 25.6 Å². The van der Waals surface area contributed by atoms with Gasteiger partial charge in [-0.15, -0.1) is 0 Å². The number of rotatable bonds is 6. The zero-order chi connectivity index (χ0) is 12.8. The summed E-state index contributed by atoms with van der Waals surface area (Å²) in [5.74, 6) is 0.583. The molecular formula is C11H17N3O3. The summed E-state index contributed by atoms with van der Waals surface area (Å²) in [5, 5.41) is 13.9. The third-order valence-corrected chi connectivity index (χ3v) is 2.38. The molecule has 0 aromatic carbocycles. The Bertz CT molecular complexity index is 396.